The van der Waals surface area contributed by atoms with Crippen molar-refractivity contribution in [1.29, 1.82) is 0 Å². The first kappa shape index (κ1) is 25.4. The number of benzene rings is 1. The van der Waals surface area contributed by atoms with Crippen LogP contribution in [0.2, 0.25) is 0 Å². The Balaban J connectivity index is 1.42. The lowest BCUT2D eigenvalue weighted by molar-refractivity contribution is -0.146. The molecule has 6 atom stereocenters. The predicted octanol–water partition coefficient (Wildman–Crippen LogP) is -0.00860. The van der Waals surface area contributed by atoms with E-state index in [-0.39, 0.29) is 42.4 Å². The minimum Gasteiger partial charge on any atom is -0.389 e. The molecule has 4 aliphatic rings. The molecule has 4 fully saturated rings. The van der Waals surface area contributed by atoms with Crippen LogP contribution in [-0.2, 0) is 29.5 Å². The van der Waals surface area contributed by atoms with Crippen molar-refractivity contribution in [3.63, 3.8) is 0 Å². The SMILES string of the molecule is O=C1CC[C@@](C(=O)N2C[C@H]3CCC[C@H]3[C@H]2C(=O)N[C@@H](C[C@@H]2CCNC2=O)C(=O)CO)(c2ccccc2)N1. The van der Waals surface area contributed by atoms with Gasteiger partial charge in [-0.3, -0.25) is 24.0 Å². The maximum absolute atomic E-state index is 14.2. The monoisotopic (exact) mass is 510 g/mol. The van der Waals surface area contributed by atoms with Gasteiger partial charge in [0.25, 0.3) is 5.91 Å². The predicted molar refractivity (Wildman–Crippen MR) is 132 cm³/mol. The molecule has 4 N–H and O–H groups in total. The highest BCUT2D eigenvalue weighted by atomic mass is 16.3. The number of likely N-dealkylation sites (tertiary alicyclic amines) is 1. The number of amides is 4. The largest absolute Gasteiger partial charge is 0.389 e. The van der Waals surface area contributed by atoms with Gasteiger partial charge in [-0.1, -0.05) is 36.8 Å². The molecule has 5 rings (SSSR count). The number of aliphatic hydroxyl groups excluding tert-OH is 1. The highest BCUT2D eigenvalue weighted by molar-refractivity contribution is 5.99. The molecule has 1 aromatic rings. The first-order valence-electron chi connectivity index (χ1n) is 13.2. The van der Waals surface area contributed by atoms with E-state index < -0.39 is 41.8 Å². The second-order valence-electron chi connectivity index (χ2n) is 10.8. The van der Waals surface area contributed by atoms with Gasteiger partial charge in [0.2, 0.25) is 17.7 Å². The number of hydrogen-bond donors (Lipinski definition) is 4. The zero-order valence-electron chi connectivity index (χ0n) is 20.8. The summed E-state index contributed by atoms with van der Waals surface area (Å²) < 4.78 is 0. The molecule has 0 bridgehead atoms. The van der Waals surface area contributed by atoms with Gasteiger partial charge in [0.1, 0.15) is 18.2 Å². The number of ketones is 1. The third kappa shape index (κ3) is 4.63. The number of rotatable bonds is 8. The molecule has 1 aliphatic carbocycles. The molecule has 0 unspecified atom stereocenters. The standard InChI is InChI=1S/C27H34N4O6/c32-15-21(33)20(13-16-10-12-28-24(16)35)29-25(36)23-19-8-4-5-17(19)14-31(23)26(37)27(11-9-22(34)30-27)18-6-2-1-3-7-18/h1-3,6-7,16-17,19-20,23,32H,4-5,8-15H2,(H,28,35)(H,29,36)(H,30,34)/t16-,17+,19+,20-,23-,27-/m0/s1. The number of carbonyl (C=O) groups excluding carboxylic acids is 5. The lowest BCUT2D eigenvalue weighted by atomic mass is 9.86. The first-order chi connectivity index (χ1) is 17.8. The smallest absolute Gasteiger partial charge is 0.253 e. The summed E-state index contributed by atoms with van der Waals surface area (Å²) in [5.41, 5.74) is -0.555. The van der Waals surface area contributed by atoms with Crippen LogP contribution in [0.1, 0.15) is 50.5 Å². The van der Waals surface area contributed by atoms with E-state index in [9.17, 15) is 29.1 Å². The van der Waals surface area contributed by atoms with Crippen molar-refractivity contribution in [1.82, 2.24) is 20.9 Å². The van der Waals surface area contributed by atoms with Crippen LogP contribution in [0.5, 0.6) is 0 Å². The van der Waals surface area contributed by atoms with Crippen molar-refractivity contribution < 1.29 is 29.1 Å². The van der Waals surface area contributed by atoms with Gasteiger partial charge in [-0.25, -0.2) is 0 Å². The van der Waals surface area contributed by atoms with E-state index in [1.165, 1.54) is 0 Å². The van der Waals surface area contributed by atoms with Crippen LogP contribution in [0.4, 0.5) is 0 Å². The maximum atomic E-state index is 14.2. The molecule has 198 valence electrons. The van der Waals surface area contributed by atoms with Crippen LogP contribution in [0.25, 0.3) is 0 Å². The Morgan fingerprint density at radius 1 is 1.14 bits per heavy atom. The summed E-state index contributed by atoms with van der Waals surface area (Å²) in [7, 11) is 0. The Kier molecular flexibility index (Phi) is 7.02. The van der Waals surface area contributed by atoms with Gasteiger partial charge in [-0.05, 0) is 49.5 Å². The highest BCUT2D eigenvalue weighted by Crippen LogP contribution is 2.45. The molecule has 3 heterocycles. The Hall–Kier alpha value is -3.27. The average Bonchev–Trinajstić information content (AvgIpc) is 3.68. The molecular formula is C27H34N4O6. The number of hydrogen-bond acceptors (Lipinski definition) is 6. The number of nitrogens with one attached hydrogen (secondary N) is 3. The van der Waals surface area contributed by atoms with E-state index >= 15 is 0 Å². The van der Waals surface area contributed by atoms with Gasteiger partial charge in [-0.2, -0.15) is 0 Å². The van der Waals surface area contributed by atoms with E-state index in [1.807, 2.05) is 30.3 Å². The molecule has 1 saturated carbocycles. The third-order valence-electron chi connectivity index (χ3n) is 8.68. The first-order valence-corrected chi connectivity index (χ1v) is 13.2. The fourth-order valence-electron chi connectivity index (χ4n) is 6.78. The summed E-state index contributed by atoms with van der Waals surface area (Å²) in [6.45, 7) is 0.177. The normalized spacial score (nSPS) is 31.5. The maximum Gasteiger partial charge on any atom is 0.253 e. The lowest BCUT2D eigenvalue weighted by Crippen LogP contribution is -2.59. The molecule has 10 heteroatoms. The molecule has 10 nitrogen and oxygen atoms in total. The van der Waals surface area contributed by atoms with Crippen molar-refractivity contribution in [2.45, 2.75) is 62.6 Å². The van der Waals surface area contributed by atoms with E-state index in [0.717, 1.165) is 19.3 Å². The second kappa shape index (κ2) is 10.2. The lowest BCUT2D eigenvalue weighted by Gasteiger charge is -2.36. The van der Waals surface area contributed by atoms with E-state index in [4.69, 9.17) is 0 Å². The van der Waals surface area contributed by atoms with Crippen molar-refractivity contribution in [2.75, 3.05) is 19.7 Å². The summed E-state index contributed by atoms with van der Waals surface area (Å²) in [5.74, 6) is -1.99. The van der Waals surface area contributed by atoms with Crippen LogP contribution in [0.15, 0.2) is 30.3 Å². The topological polar surface area (TPSA) is 145 Å². The van der Waals surface area contributed by atoms with Crippen molar-refractivity contribution in [3.8, 4) is 0 Å². The molecule has 0 spiro atoms. The van der Waals surface area contributed by atoms with Crippen LogP contribution in [-0.4, -0.2) is 71.2 Å². The molecule has 0 radical (unpaired) electrons. The van der Waals surface area contributed by atoms with Gasteiger partial charge in [0.15, 0.2) is 5.78 Å². The Labute approximate surface area is 215 Å². The molecule has 3 saturated heterocycles. The Morgan fingerprint density at radius 3 is 2.57 bits per heavy atom. The van der Waals surface area contributed by atoms with Gasteiger partial charge in [-0.15, -0.1) is 0 Å². The number of aliphatic hydroxyl groups is 1. The fraction of sp³-hybridized carbons (Fsp3) is 0.593. The van der Waals surface area contributed by atoms with Gasteiger partial charge in [0.05, 0.1) is 6.04 Å². The number of fused-ring (bicyclic) bond motifs is 1. The Morgan fingerprint density at radius 2 is 1.92 bits per heavy atom. The number of carbonyl (C=O) groups is 5. The van der Waals surface area contributed by atoms with Gasteiger partial charge in [0, 0.05) is 25.4 Å². The zero-order chi connectivity index (χ0) is 26.2. The zero-order valence-corrected chi connectivity index (χ0v) is 20.8. The van der Waals surface area contributed by atoms with Crippen molar-refractivity contribution in [2.24, 2.45) is 17.8 Å². The number of Topliss-reactive ketones (excluding diaryl/α,β-unsaturated/α-hetero) is 1. The summed E-state index contributed by atoms with van der Waals surface area (Å²) in [6, 6.07) is 7.32. The number of nitrogens with zero attached hydrogens (tertiary/aromatic N) is 1. The molecule has 0 aromatic heterocycles. The summed E-state index contributed by atoms with van der Waals surface area (Å²) in [6.07, 6.45) is 3.84. The van der Waals surface area contributed by atoms with E-state index in [1.54, 1.807) is 4.90 Å². The second-order valence-corrected chi connectivity index (χ2v) is 10.8. The molecule has 3 aliphatic heterocycles. The molecule has 4 amide bonds. The van der Waals surface area contributed by atoms with Gasteiger partial charge < -0.3 is 26.0 Å². The Bertz CT molecular complexity index is 1090. The molecule has 37 heavy (non-hydrogen) atoms. The highest BCUT2D eigenvalue weighted by Gasteiger charge is 2.56. The fourth-order valence-corrected chi connectivity index (χ4v) is 6.78. The van der Waals surface area contributed by atoms with E-state index in [0.29, 0.717) is 31.5 Å². The quantitative estimate of drug-likeness (QED) is 0.387. The van der Waals surface area contributed by atoms with Gasteiger partial charge >= 0.3 is 0 Å². The minimum absolute atomic E-state index is 0.0477. The summed E-state index contributed by atoms with van der Waals surface area (Å²) in [4.78, 5) is 66.6. The van der Waals surface area contributed by atoms with Crippen LogP contribution >= 0.6 is 0 Å². The molecular weight excluding hydrogens is 476 g/mol. The van der Waals surface area contributed by atoms with Crippen molar-refractivity contribution in [3.05, 3.63) is 35.9 Å². The van der Waals surface area contributed by atoms with Crippen LogP contribution < -0.4 is 16.0 Å². The summed E-state index contributed by atoms with van der Waals surface area (Å²) >= 11 is 0. The van der Waals surface area contributed by atoms with Crippen LogP contribution in [0.3, 0.4) is 0 Å². The van der Waals surface area contributed by atoms with Crippen LogP contribution in [0, 0.1) is 17.8 Å². The minimum atomic E-state index is -1.24. The average molecular weight is 511 g/mol. The van der Waals surface area contributed by atoms with E-state index in [2.05, 4.69) is 16.0 Å². The summed E-state index contributed by atoms with van der Waals surface area (Å²) in [5, 5.41) is 18.0. The van der Waals surface area contributed by atoms with Crippen molar-refractivity contribution >= 4 is 29.4 Å². The third-order valence-corrected chi connectivity index (χ3v) is 8.68. The molecule has 1 aromatic carbocycles.